The van der Waals surface area contributed by atoms with Crippen LogP contribution in [0.1, 0.15) is 44.1 Å². The summed E-state index contributed by atoms with van der Waals surface area (Å²) in [5, 5.41) is 9.13. The minimum absolute atomic E-state index is 0.00516. The molecule has 1 aromatic carbocycles. The Morgan fingerprint density at radius 1 is 1.40 bits per heavy atom. The van der Waals surface area contributed by atoms with Crippen LogP contribution < -0.4 is 4.74 Å². The summed E-state index contributed by atoms with van der Waals surface area (Å²) in [6.45, 7) is 0. The third kappa shape index (κ3) is 3.75. The Balaban J connectivity index is 2.04. The Hall–Kier alpha value is -1.03. The van der Waals surface area contributed by atoms with E-state index in [1.54, 1.807) is 7.11 Å². The average Bonchev–Trinajstić information content (AvgIpc) is 2.85. The summed E-state index contributed by atoms with van der Waals surface area (Å²) in [4.78, 5) is 11.1. The maximum atomic E-state index is 11.1. The minimum Gasteiger partial charge on any atom is -0.497 e. The second-order valence-electron chi connectivity index (χ2n) is 5.73. The molecule has 1 aromatic rings. The second-order valence-corrected chi connectivity index (χ2v) is 6.59. The van der Waals surface area contributed by atoms with Crippen molar-refractivity contribution in [1.29, 1.82) is 0 Å². The van der Waals surface area contributed by atoms with Gasteiger partial charge in [0.2, 0.25) is 0 Å². The van der Waals surface area contributed by atoms with Crippen LogP contribution >= 0.6 is 15.9 Å². The molecule has 1 fully saturated rings. The van der Waals surface area contributed by atoms with E-state index in [0.717, 1.165) is 48.7 Å². The van der Waals surface area contributed by atoms with Crippen LogP contribution in [0.5, 0.6) is 5.75 Å². The number of hydrogen-bond donors (Lipinski definition) is 1. The number of carboxylic acids is 1. The molecule has 0 atom stereocenters. The summed E-state index contributed by atoms with van der Waals surface area (Å²) >= 11 is 3.57. The van der Waals surface area contributed by atoms with Crippen molar-refractivity contribution in [3.63, 3.8) is 0 Å². The molecular formula is C16H21BrO3. The van der Waals surface area contributed by atoms with E-state index in [9.17, 15) is 4.79 Å². The Bertz CT molecular complexity index is 479. The van der Waals surface area contributed by atoms with E-state index >= 15 is 0 Å². The summed E-state index contributed by atoms with van der Waals surface area (Å²) in [5.74, 6) is 0.169. The molecule has 20 heavy (non-hydrogen) atoms. The monoisotopic (exact) mass is 340 g/mol. The quantitative estimate of drug-likeness (QED) is 0.833. The Morgan fingerprint density at radius 3 is 2.65 bits per heavy atom. The van der Waals surface area contributed by atoms with E-state index in [1.807, 2.05) is 12.1 Å². The van der Waals surface area contributed by atoms with Crippen LogP contribution in [0.25, 0.3) is 0 Å². The average molecular weight is 341 g/mol. The van der Waals surface area contributed by atoms with E-state index in [-0.39, 0.29) is 5.41 Å². The van der Waals surface area contributed by atoms with Crippen LogP contribution in [0.2, 0.25) is 0 Å². The van der Waals surface area contributed by atoms with Gasteiger partial charge in [-0.1, -0.05) is 34.8 Å². The molecule has 0 aliphatic heterocycles. The van der Waals surface area contributed by atoms with Gasteiger partial charge in [-0.05, 0) is 48.8 Å². The van der Waals surface area contributed by atoms with Crippen molar-refractivity contribution in [2.45, 2.75) is 44.9 Å². The van der Waals surface area contributed by atoms with Gasteiger partial charge in [-0.15, -0.1) is 0 Å². The van der Waals surface area contributed by atoms with Crippen molar-refractivity contribution < 1.29 is 14.6 Å². The molecule has 1 N–H and O–H groups in total. The molecule has 4 heteroatoms. The highest BCUT2D eigenvalue weighted by Crippen LogP contribution is 2.45. The van der Waals surface area contributed by atoms with Crippen molar-refractivity contribution in [3.8, 4) is 5.75 Å². The zero-order valence-corrected chi connectivity index (χ0v) is 13.4. The Labute approximate surface area is 128 Å². The lowest BCUT2D eigenvalue weighted by Crippen LogP contribution is -2.21. The van der Waals surface area contributed by atoms with Crippen LogP contribution in [0.4, 0.5) is 0 Å². The molecule has 0 amide bonds. The molecule has 3 nitrogen and oxygen atoms in total. The summed E-state index contributed by atoms with van der Waals surface area (Å²) in [5.41, 5.74) is 1.23. The van der Waals surface area contributed by atoms with Crippen molar-refractivity contribution in [3.05, 3.63) is 28.2 Å². The number of carbonyl (C=O) groups is 1. The van der Waals surface area contributed by atoms with Gasteiger partial charge in [0, 0.05) is 4.47 Å². The molecule has 0 bridgehead atoms. The molecule has 0 unspecified atom stereocenters. The lowest BCUT2D eigenvalue weighted by atomic mass is 9.77. The van der Waals surface area contributed by atoms with E-state index in [1.165, 1.54) is 5.56 Å². The fourth-order valence-electron chi connectivity index (χ4n) is 3.22. The van der Waals surface area contributed by atoms with E-state index in [2.05, 4.69) is 22.0 Å². The number of carboxylic acid groups (broad SMARTS) is 1. The second kappa shape index (κ2) is 6.61. The number of methoxy groups -OCH3 is 1. The topological polar surface area (TPSA) is 46.5 Å². The number of aliphatic carboxylic acids is 1. The summed E-state index contributed by atoms with van der Waals surface area (Å²) < 4.78 is 6.23. The van der Waals surface area contributed by atoms with Crippen molar-refractivity contribution in [2.24, 2.45) is 5.41 Å². The summed E-state index contributed by atoms with van der Waals surface area (Å²) in [7, 11) is 1.65. The number of rotatable bonds is 6. The molecule has 0 aromatic heterocycles. The minimum atomic E-state index is -0.666. The fraction of sp³-hybridized carbons (Fsp3) is 0.562. The number of aryl methyl sites for hydroxylation is 1. The van der Waals surface area contributed by atoms with Gasteiger partial charge in [0.15, 0.2) is 0 Å². The molecule has 0 spiro atoms. The zero-order chi connectivity index (χ0) is 14.6. The molecule has 1 aliphatic carbocycles. The van der Waals surface area contributed by atoms with Gasteiger partial charge in [0.05, 0.1) is 13.5 Å². The summed E-state index contributed by atoms with van der Waals surface area (Å²) in [6.07, 6.45) is 6.59. The first-order chi connectivity index (χ1) is 9.54. The third-order valence-electron chi connectivity index (χ3n) is 4.38. The van der Waals surface area contributed by atoms with Crippen molar-refractivity contribution >= 4 is 21.9 Å². The first kappa shape index (κ1) is 15.4. The van der Waals surface area contributed by atoms with Crippen LogP contribution in [0.3, 0.4) is 0 Å². The molecule has 110 valence electrons. The first-order valence-electron chi connectivity index (χ1n) is 7.09. The Morgan fingerprint density at radius 2 is 2.10 bits per heavy atom. The molecule has 2 rings (SSSR count). The molecule has 1 saturated carbocycles. The van der Waals surface area contributed by atoms with Gasteiger partial charge in [0.1, 0.15) is 5.75 Å². The molecule has 0 radical (unpaired) electrons. The van der Waals surface area contributed by atoms with Gasteiger partial charge in [0.25, 0.3) is 0 Å². The van der Waals surface area contributed by atoms with E-state index in [4.69, 9.17) is 9.84 Å². The van der Waals surface area contributed by atoms with E-state index in [0.29, 0.717) is 6.42 Å². The van der Waals surface area contributed by atoms with E-state index < -0.39 is 5.97 Å². The predicted molar refractivity (Wildman–Crippen MR) is 82.2 cm³/mol. The van der Waals surface area contributed by atoms with Gasteiger partial charge >= 0.3 is 5.97 Å². The molecule has 0 saturated heterocycles. The highest BCUT2D eigenvalue weighted by Gasteiger charge is 2.35. The standard InChI is InChI=1S/C16H21BrO3/c1-20-13-5-4-12(14(17)10-13)6-9-16(11-15(18)19)7-2-3-8-16/h4-5,10H,2-3,6-9,11H2,1H3,(H,18,19). The molecule has 0 heterocycles. The normalized spacial score (nSPS) is 17.1. The van der Waals surface area contributed by atoms with Crippen LogP contribution in [0, 0.1) is 5.41 Å². The highest BCUT2D eigenvalue weighted by molar-refractivity contribution is 9.10. The molecular weight excluding hydrogens is 320 g/mol. The first-order valence-corrected chi connectivity index (χ1v) is 7.88. The number of halogens is 1. The van der Waals surface area contributed by atoms with Crippen LogP contribution in [-0.2, 0) is 11.2 Å². The lowest BCUT2D eigenvalue weighted by Gasteiger charge is -2.27. The van der Waals surface area contributed by atoms with Crippen molar-refractivity contribution in [1.82, 2.24) is 0 Å². The van der Waals surface area contributed by atoms with Gasteiger partial charge < -0.3 is 9.84 Å². The number of hydrogen-bond acceptors (Lipinski definition) is 2. The molecule has 1 aliphatic rings. The van der Waals surface area contributed by atoms with Gasteiger partial charge in [-0.3, -0.25) is 4.79 Å². The van der Waals surface area contributed by atoms with Gasteiger partial charge in [-0.2, -0.15) is 0 Å². The number of ether oxygens (including phenoxy) is 1. The maximum Gasteiger partial charge on any atom is 0.303 e. The lowest BCUT2D eigenvalue weighted by molar-refractivity contribution is -0.139. The van der Waals surface area contributed by atoms with Crippen molar-refractivity contribution in [2.75, 3.05) is 7.11 Å². The highest BCUT2D eigenvalue weighted by atomic mass is 79.9. The number of benzene rings is 1. The SMILES string of the molecule is COc1ccc(CCC2(CC(=O)O)CCCC2)c(Br)c1. The largest absolute Gasteiger partial charge is 0.497 e. The van der Waals surface area contributed by atoms with Crippen LogP contribution in [0.15, 0.2) is 22.7 Å². The third-order valence-corrected chi connectivity index (χ3v) is 5.11. The predicted octanol–water partition coefficient (Wildman–Crippen LogP) is 4.43. The maximum absolute atomic E-state index is 11.1. The van der Waals surface area contributed by atoms with Gasteiger partial charge in [-0.25, -0.2) is 0 Å². The fourth-order valence-corrected chi connectivity index (χ4v) is 3.77. The summed E-state index contributed by atoms with van der Waals surface area (Å²) in [6, 6.07) is 5.98. The van der Waals surface area contributed by atoms with Crippen LogP contribution in [-0.4, -0.2) is 18.2 Å². The Kier molecular flexibility index (Phi) is 5.08. The zero-order valence-electron chi connectivity index (χ0n) is 11.8. The smallest absolute Gasteiger partial charge is 0.303 e.